The number of nitrogens with one attached hydrogen (secondary N) is 1. The van der Waals surface area contributed by atoms with Crippen LogP contribution in [0.2, 0.25) is 0 Å². The van der Waals surface area contributed by atoms with Gasteiger partial charge in [0.05, 0.1) is 0 Å². The molecule has 5 nitrogen and oxygen atoms in total. The van der Waals surface area contributed by atoms with Gasteiger partial charge in [-0.3, -0.25) is 0 Å². The van der Waals surface area contributed by atoms with E-state index in [9.17, 15) is 42.7 Å². The average Bonchev–Trinajstić information content (AvgIpc) is 1.99. The molecule has 0 unspecified atom stereocenters. The van der Waals surface area contributed by atoms with Crippen molar-refractivity contribution in [1.29, 1.82) is 0 Å². The second kappa shape index (κ2) is 4.03. The molecule has 0 aliphatic heterocycles. The molecule has 0 aromatic heterocycles. The monoisotopic (exact) mass is 295 g/mol. The molecule has 98 valence electrons. The zero-order chi connectivity index (χ0) is 13.4. The van der Waals surface area contributed by atoms with Crippen LogP contribution in [0.1, 0.15) is 0 Å². The van der Waals surface area contributed by atoms with Crippen molar-refractivity contribution in [3.05, 3.63) is 0 Å². The number of hydrogen-bond acceptors (Lipinski definition) is 4. The van der Waals surface area contributed by atoms with E-state index in [4.69, 9.17) is 0 Å². The number of sulfonamides is 1. The van der Waals surface area contributed by atoms with Crippen LogP contribution in [0.4, 0.5) is 25.8 Å². The van der Waals surface area contributed by atoms with Crippen LogP contribution in [0.3, 0.4) is 0 Å². The maximum atomic E-state index is 12.4. The maximum absolute atomic E-state index is 12.4. The van der Waals surface area contributed by atoms with Gasteiger partial charge in [0.2, 0.25) is 0 Å². The fourth-order valence-electron chi connectivity index (χ4n) is 0.458. The molecular weight excluding hydrogens is 292 g/mol. The van der Waals surface area contributed by atoms with Crippen LogP contribution in [0.5, 0.6) is 0 Å². The molecule has 0 saturated carbocycles. The van der Waals surface area contributed by atoms with E-state index in [1.165, 1.54) is 0 Å². The predicted octanol–water partition coefficient (Wildman–Crippen LogP) is 0.318. The summed E-state index contributed by atoms with van der Waals surface area (Å²) in [5, 5.41) is -6.12. The van der Waals surface area contributed by atoms with Crippen LogP contribution < -0.4 is 4.13 Å². The van der Waals surface area contributed by atoms with Gasteiger partial charge in [0.15, 0.2) is 6.67 Å². The summed E-state index contributed by atoms with van der Waals surface area (Å²) in [5.74, 6) is -5.69. The summed E-state index contributed by atoms with van der Waals surface area (Å²) < 4.78 is 112. The topological polar surface area (TPSA) is 80.3 Å². The Bertz CT molecular complexity index is 454. The lowest BCUT2D eigenvalue weighted by Gasteiger charge is -2.22. The van der Waals surface area contributed by atoms with Crippen molar-refractivity contribution in [2.75, 3.05) is 6.67 Å². The summed E-state index contributed by atoms with van der Waals surface area (Å²) in [5.41, 5.74) is 0. The van der Waals surface area contributed by atoms with Gasteiger partial charge >= 0.3 is 21.6 Å². The van der Waals surface area contributed by atoms with E-state index in [0.717, 1.165) is 0 Å². The Kier molecular flexibility index (Phi) is 3.89. The molecule has 0 amide bonds. The number of hydrogen-bond donors (Lipinski definition) is 1. The van der Waals surface area contributed by atoms with Gasteiger partial charge in [-0.1, -0.05) is 8.01 Å². The average molecular weight is 295 g/mol. The first-order chi connectivity index (χ1) is 6.77. The molecule has 0 radical (unpaired) electrons. The molecular formula is C3H3F6NO4S2. The predicted molar refractivity (Wildman–Crippen MR) is 38.0 cm³/mol. The fourth-order valence-corrected chi connectivity index (χ4v) is 2.37. The van der Waals surface area contributed by atoms with Crippen molar-refractivity contribution < 1.29 is 42.7 Å². The van der Waals surface area contributed by atoms with E-state index in [1.54, 1.807) is 0 Å². The third-order valence-corrected chi connectivity index (χ3v) is 3.79. The lowest BCUT2D eigenvalue weighted by molar-refractivity contribution is -0.166. The molecule has 0 fully saturated rings. The smallest absolute Gasteiger partial charge is 0.244 e. The van der Waals surface area contributed by atoms with Gasteiger partial charge < -0.3 is 0 Å². The van der Waals surface area contributed by atoms with Crippen molar-refractivity contribution in [3.8, 4) is 0 Å². The molecule has 0 aliphatic rings. The number of halogens is 6. The Balaban J connectivity index is 5.50. The summed E-state index contributed by atoms with van der Waals surface area (Å²) >= 11 is 0. The van der Waals surface area contributed by atoms with Gasteiger partial charge in [0.1, 0.15) is 0 Å². The normalized spacial score (nSPS) is 15.1. The lowest BCUT2D eigenvalue weighted by Crippen LogP contribution is -2.53. The van der Waals surface area contributed by atoms with E-state index in [-0.39, 0.29) is 4.13 Å². The second-order valence-electron chi connectivity index (χ2n) is 2.38. The van der Waals surface area contributed by atoms with E-state index in [2.05, 4.69) is 0 Å². The number of rotatable bonds is 5. The minimum absolute atomic E-state index is 0.343. The standard InChI is InChI=1S/C3H3F6NO4S2/c4-1-2(5,6)3(7,8)15(11,12)10-16(9,13)14/h10H,1H2. The van der Waals surface area contributed by atoms with Gasteiger partial charge in [0, 0.05) is 0 Å². The van der Waals surface area contributed by atoms with Crippen LogP contribution in [0.15, 0.2) is 0 Å². The van der Waals surface area contributed by atoms with Gasteiger partial charge in [-0.2, -0.15) is 26.0 Å². The summed E-state index contributed by atoms with van der Waals surface area (Å²) in [7, 11) is -12.8. The third-order valence-electron chi connectivity index (χ3n) is 1.14. The maximum Gasteiger partial charge on any atom is 0.424 e. The third kappa shape index (κ3) is 2.98. The highest BCUT2D eigenvalue weighted by molar-refractivity contribution is 8.03. The Labute approximate surface area is 85.8 Å². The highest BCUT2D eigenvalue weighted by Crippen LogP contribution is 2.38. The Hall–Kier alpha value is -0.560. The minimum Gasteiger partial charge on any atom is -0.244 e. The largest absolute Gasteiger partial charge is 0.424 e. The SMILES string of the molecule is O=S(=O)(F)NS(=O)(=O)C(F)(F)C(F)(F)CF. The van der Waals surface area contributed by atoms with Crippen LogP contribution in [0, 0.1) is 0 Å². The molecule has 0 bridgehead atoms. The molecule has 1 N–H and O–H groups in total. The van der Waals surface area contributed by atoms with E-state index < -0.39 is 38.3 Å². The van der Waals surface area contributed by atoms with Crippen molar-refractivity contribution >= 4 is 20.4 Å². The Morgan fingerprint density at radius 3 is 1.62 bits per heavy atom. The zero-order valence-electron chi connectivity index (χ0n) is 6.92. The molecule has 0 saturated heterocycles. The quantitative estimate of drug-likeness (QED) is 0.585. The Morgan fingerprint density at radius 2 is 1.38 bits per heavy atom. The first-order valence-corrected chi connectivity index (χ1v) is 5.93. The Morgan fingerprint density at radius 1 is 1.00 bits per heavy atom. The summed E-state index contributed by atoms with van der Waals surface area (Å²) in [6.07, 6.45) is 0. The first kappa shape index (κ1) is 15.4. The molecule has 0 aromatic carbocycles. The van der Waals surface area contributed by atoms with Crippen LogP contribution in [-0.4, -0.2) is 34.7 Å². The summed E-state index contributed by atoms with van der Waals surface area (Å²) in [6.45, 7) is -3.08. The van der Waals surface area contributed by atoms with E-state index in [1.807, 2.05) is 0 Å². The molecule has 0 spiro atoms. The molecule has 0 rings (SSSR count). The zero-order valence-corrected chi connectivity index (χ0v) is 8.56. The first-order valence-electron chi connectivity index (χ1n) is 3.06. The van der Waals surface area contributed by atoms with Crippen LogP contribution in [-0.2, 0) is 20.4 Å². The molecule has 16 heavy (non-hydrogen) atoms. The van der Waals surface area contributed by atoms with Gasteiger partial charge in [-0.15, -0.1) is 0 Å². The van der Waals surface area contributed by atoms with Gasteiger partial charge in [0.25, 0.3) is 10.0 Å². The molecule has 0 aliphatic carbocycles. The van der Waals surface area contributed by atoms with E-state index >= 15 is 0 Å². The van der Waals surface area contributed by atoms with Crippen molar-refractivity contribution in [3.63, 3.8) is 0 Å². The summed E-state index contributed by atoms with van der Waals surface area (Å²) in [6, 6.07) is 0. The molecule has 13 heteroatoms. The highest BCUT2D eigenvalue weighted by Gasteiger charge is 2.66. The van der Waals surface area contributed by atoms with Crippen molar-refractivity contribution in [2.45, 2.75) is 11.2 Å². The lowest BCUT2D eigenvalue weighted by atomic mass is 10.4. The van der Waals surface area contributed by atoms with Crippen LogP contribution in [0.25, 0.3) is 0 Å². The van der Waals surface area contributed by atoms with Crippen LogP contribution >= 0.6 is 0 Å². The van der Waals surface area contributed by atoms with Crippen molar-refractivity contribution in [1.82, 2.24) is 4.13 Å². The molecule has 0 atom stereocenters. The van der Waals surface area contributed by atoms with E-state index in [0.29, 0.717) is 0 Å². The van der Waals surface area contributed by atoms with Crippen molar-refractivity contribution in [2.24, 2.45) is 0 Å². The molecule has 0 aromatic rings. The second-order valence-corrected chi connectivity index (χ2v) is 5.44. The van der Waals surface area contributed by atoms with Gasteiger partial charge in [-0.05, 0) is 0 Å². The van der Waals surface area contributed by atoms with Gasteiger partial charge in [-0.25, -0.2) is 12.8 Å². The minimum atomic E-state index is -6.62. The molecule has 0 heterocycles. The highest BCUT2D eigenvalue weighted by atomic mass is 32.3. The number of alkyl halides is 5. The summed E-state index contributed by atoms with van der Waals surface area (Å²) in [4.78, 5) is 0. The fraction of sp³-hybridized carbons (Fsp3) is 1.00.